The molecule has 2 atom stereocenters. The molecule has 2 N–H and O–H groups in total. The Morgan fingerprint density at radius 1 is 1.35 bits per heavy atom. The Labute approximate surface area is 130 Å². The Bertz CT molecular complexity index is 438. The van der Waals surface area contributed by atoms with Crippen molar-refractivity contribution in [3.05, 3.63) is 28.2 Å². The normalized spacial score (nSPS) is 23.1. The van der Waals surface area contributed by atoms with Crippen molar-refractivity contribution in [1.29, 1.82) is 0 Å². The molecule has 1 aliphatic carbocycles. The largest absolute Gasteiger partial charge is 0.497 e. The molecule has 1 fully saturated rings. The van der Waals surface area contributed by atoms with E-state index >= 15 is 0 Å². The van der Waals surface area contributed by atoms with Gasteiger partial charge in [0.05, 0.1) is 7.11 Å². The highest BCUT2D eigenvalue weighted by molar-refractivity contribution is 9.10. The van der Waals surface area contributed by atoms with E-state index in [1.54, 1.807) is 7.11 Å². The number of nitrogens with zero attached hydrogens (tertiary/aromatic N) is 1. The first-order chi connectivity index (χ1) is 9.65. The van der Waals surface area contributed by atoms with Crippen molar-refractivity contribution >= 4 is 15.9 Å². The second-order valence-corrected chi connectivity index (χ2v) is 6.57. The smallest absolute Gasteiger partial charge is 0.119 e. The van der Waals surface area contributed by atoms with Crippen molar-refractivity contribution in [3.63, 3.8) is 0 Å². The van der Waals surface area contributed by atoms with E-state index in [1.165, 1.54) is 31.2 Å². The first-order valence-corrected chi connectivity index (χ1v) is 8.17. The van der Waals surface area contributed by atoms with Gasteiger partial charge in [-0.25, -0.2) is 0 Å². The van der Waals surface area contributed by atoms with E-state index in [-0.39, 0.29) is 0 Å². The minimum atomic E-state index is 0.604. The molecule has 1 aliphatic rings. The second-order valence-electron chi connectivity index (χ2n) is 5.72. The van der Waals surface area contributed by atoms with Gasteiger partial charge in [-0.15, -0.1) is 0 Å². The average Bonchev–Trinajstić information content (AvgIpc) is 2.49. The molecule has 0 aromatic heterocycles. The summed E-state index contributed by atoms with van der Waals surface area (Å²) in [6.45, 7) is 1.73. The van der Waals surface area contributed by atoms with Gasteiger partial charge in [0.25, 0.3) is 0 Å². The fraction of sp³-hybridized carbons (Fsp3) is 0.625. The summed E-state index contributed by atoms with van der Waals surface area (Å²) in [6, 6.07) is 6.76. The van der Waals surface area contributed by atoms with Crippen LogP contribution in [0.5, 0.6) is 5.75 Å². The highest BCUT2D eigenvalue weighted by Crippen LogP contribution is 2.30. The summed E-state index contributed by atoms with van der Waals surface area (Å²) in [4.78, 5) is 2.45. The zero-order valence-corrected chi connectivity index (χ0v) is 14.0. The van der Waals surface area contributed by atoms with Crippen LogP contribution in [0.25, 0.3) is 0 Å². The number of ether oxygens (including phenoxy) is 1. The van der Waals surface area contributed by atoms with Gasteiger partial charge in [-0.2, -0.15) is 0 Å². The zero-order chi connectivity index (χ0) is 14.5. The predicted molar refractivity (Wildman–Crippen MR) is 87.0 cm³/mol. The van der Waals surface area contributed by atoms with E-state index in [0.717, 1.165) is 23.3 Å². The van der Waals surface area contributed by atoms with Gasteiger partial charge in [-0.1, -0.05) is 28.8 Å². The van der Waals surface area contributed by atoms with Gasteiger partial charge in [-0.3, -0.25) is 4.90 Å². The summed E-state index contributed by atoms with van der Waals surface area (Å²) in [6.07, 6.45) is 5.19. The van der Waals surface area contributed by atoms with Crippen molar-refractivity contribution in [2.24, 2.45) is 11.7 Å². The predicted octanol–water partition coefficient (Wildman–Crippen LogP) is 3.41. The van der Waals surface area contributed by atoms with Gasteiger partial charge in [0.1, 0.15) is 5.75 Å². The standard InChI is InChI=1S/C16H25BrN2O/c1-19(16-6-4-3-5-12(16)10-18)11-13-9-14(20-2)7-8-15(13)17/h7-9,12,16H,3-6,10-11,18H2,1-2H3. The highest BCUT2D eigenvalue weighted by atomic mass is 79.9. The molecule has 0 heterocycles. The summed E-state index contributed by atoms with van der Waals surface area (Å²) in [7, 11) is 3.92. The number of methoxy groups -OCH3 is 1. The Balaban J connectivity index is 2.08. The lowest BCUT2D eigenvalue weighted by molar-refractivity contribution is 0.127. The number of hydrogen-bond donors (Lipinski definition) is 1. The van der Waals surface area contributed by atoms with Crippen LogP contribution in [0.15, 0.2) is 22.7 Å². The molecule has 0 amide bonds. The minimum Gasteiger partial charge on any atom is -0.497 e. The lowest BCUT2D eigenvalue weighted by atomic mass is 9.83. The maximum absolute atomic E-state index is 5.94. The molecule has 2 rings (SSSR count). The van der Waals surface area contributed by atoms with E-state index in [2.05, 4.69) is 40.0 Å². The SMILES string of the molecule is COc1ccc(Br)c(CN(C)C2CCCCC2CN)c1. The fourth-order valence-corrected chi connectivity index (χ4v) is 3.60. The first kappa shape index (κ1) is 15.8. The van der Waals surface area contributed by atoms with Crippen LogP contribution in [-0.4, -0.2) is 31.6 Å². The zero-order valence-electron chi connectivity index (χ0n) is 12.4. The van der Waals surface area contributed by atoms with Crippen LogP contribution in [0.4, 0.5) is 0 Å². The topological polar surface area (TPSA) is 38.5 Å². The molecule has 112 valence electrons. The molecule has 4 heteroatoms. The molecule has 1 aromatic rings. The van der Waals surface area contributed by atoms with Crippen molar-refractivity contribution in [2.75, 3.05) is 20.7 Å². The Morgan fingerprint density at radius 2 is 2.10 bits per heavy atom. The molecular weight excluding hydrogens is 316 g/mol. The van der Waals surface area contributed by atoms with Crippen LogP contribution >= 0.6 is 15.9 Å². The Morgan fingerprint density at radius 3 is 2.80 bits per heavy atom. The van der Waals surface area contributed by atoms with Crippen LogP contribution in [-0.2, 0) is 6.54 Å². The third-order valence-electron chi connectivity index (χ3n) is 4.41. The maximum atomic E-state index is 5.94. The number of hydrogen-bond acceptors (Lipinski definition) is 3. The Kier molecular flexibility index (Phi) is 5.87. The quantitative estimate of drug-likeness (QED) is 0.892. The van der Waals surface area contributed by atoms with Gasteiger partial charge in [0.2, 0.25) is 0 Å². The molecule has 2 unspecified atom stereocenters. The number of halogens is 1. The maximum Gasteiger partial charge on any atom is 0.119 e. The molecule has 1 aromatic carbocycles. The molecule has 0 radical (unpaired) electrons. The summed E-state index contributed by atoms with van der Waals surface area (Å²) in [5.41, 5.74) is 7.22. The molecule has 1 saturated carbocycles. The van der Waals surface area contributed by atoms with Crippen molar-refractivity contribution in [3.8, 4) is 5.75 Å². The summed E-state index contributed by atoms with van der Waals surface area (Å²) in [5, 5.41) is 0. The molecular formula is C16H25BrN2O. The number of rotatable bonds is 5. The van der Waals surface area contributed by atoms with E-state index in [1.807, 2.05) is 6.07 Å². The van der Waals surface area contributed by atoms with E-state index in [9.17, 15) is 0 Å². The molecule has 0 saturated heterocycles. The van der Waals surface area contributed by atoms with E-state index in [4.69, 9.17) is 10.5 Å². The molecule has 20 heavy (non-hydrogen) atoms. The monoisotopic (exact) mass is 340 g/mol. The molecule has 3 nitrogen and oxygen atoms in total. The van der Waals surface area contributed by atoms with E-state index < -0.39 is 0 Å². The van der Waals surface area contributed by atoms with E-state index in [0.29, 0.717) is 12.0 Å². The lowest BCUT2D eigenvalue weighted by Crippen LogP contribution is -2.42. The van der Waals surface area contributed by atoms with Gasteiger partial charge < -0.3 is 10.5 Å². The van der Waals surface area contributed by atoms with Crippen LogP contribution in [0.3, 0.4) is 0 Å². The average molecular weight is 341 g/mol. The van der Waals surface area contributed by atoms with Gasteiger partial charge >= 0.3 is 0 Å². The summed E-state index contributed by atoms with van der Waals surface area (Å²) >= 11 is 3.64. The van der Waals surface area contributed by atoms with Crippen LogP contribution in [0.2, 0.25) is 0 Å². The van der Waals surface area contributed by atoms with Gasteiger partial charge in [0, 0.05) is 17.1 Å². The third kappa shape index (κ3) is 3.74. The third-order valence-corrected chi connectivity index (χ3v) is 5.18. The second kappa shape index (κ2) is 7.43. The van der Waals surface area contributed by atoms with Crippen LogP contribution < -0.4 is 10.5 Å². The van der Waals surface area contributed by atoms with Gasteiger partial charge in [0.15, 0.2) is 0 Å². The first-order valence-electron chi connectivity index (χ1n) is 7.38. The highest BCUT2D eigenvalue weighted by Gasteiger charge is 2.27. The number of benzene rings is 1. The fourth-order valence-electron chi connectivity index (χ4n) is 3.23. The van der Waals surface area contributed by atoms with Crippen molar-refractivity contribution in [2.45, 2.75) is 38.3 Å². The molecule has 0 aliphatic heterocycles. The lowest BCUT2D eigenvalue weighted by Gasteiger charge is -2.37. The van der Waals surface area contributed by atoms with Gasteiger partial charge in [-0.05, 0) is 56.1 Å². The molecule has 0 bridgehead atoms. The molecule has 0 spiro atoms. The van der Waals surface area contributed by atoms with Crippen molar-refractivity contribution in [1.82, 2.24) is 4.90 Å². The summed E-state index contributed by atoms with van der Waals surface area (Å²) < 4.78 is 6.46. The van der Waals surface area contributed by atoms with Crippen LogP contribution in [0.1, 0.15) is 31.2 Å². The Hall–Kier alpha value is -0.580. The minimum absolute atomic E-state index is 0.604. The number of nitrogens with two attached hydrogens (primary N) is 1. The summed E-state index contributed by atoms with van der Waals surface area (Å²) in [5.74, 6) is 1.55. The van der Waals surface area contributed by atoms with Crippen LogP contribution in [0, 0.1) is 5.92 Å². The van der Waals surface area contributed by atoms with Crippen molar-refractivity contribution < 1.29 is 4.74 Å².